The Labute approximate surface area is 97.0 Å². The molecule has 1 amide bonds. The average Bonchev–Trinajstić information content (AvgIpc) is 2.36. The maximum atomic E-state index is 11.6. The third kappa shape index (κ3) is 2.75. The molecule has 0 radical (unpaired) electrons. The summed E-state index contributed by atoms with van der Waals surface area (Å²) in [6.45, 7) is 4.69. The molecular formula is C13H19NO2. The van der Waals surface area contributed by atoms with Crippen LogP contribution in [0.25, 0.3) is 0 Å². The van der Waals surface area contributed by atoms with Crippen molar-refractivity contribution in [3.8, 4) is 0 Å². The highest BCUT2D eigenvalue weighted by Gasteiger charge is 2.22. The van der Waals surface area contributed by atoms with Crippen molar-refractivity contribution >= 4 is 6.09 Å². The van der Waals surface area contributed by atoms with Crippen LogP contribution in [0, 0.1) is 0 Å². The van der Waals surface area contributed by atoms with Gasteiger partial charge in [0.25, 0.3) is 0 Å². The Kier molecular flexibility index (Phi) is 4.83. The molecule has 0 aromatic heterocycles. The van der Waals surface area contributed by atoms with E-state index in [1.165, 1.54) is 7.11 Å². The van der Waals surface area contributed by atoms with E-state index in [9.17, 15) is 4.79 Å². The number of benzene rings is 1. The van der Waals surface area contributed by atoms with Crippen molar-refractivity contribution in [1.29, 1.82) is 0 Å². The fourth-order valence-electron chi connectivity index (χ4n) is 1.91. The van der Waals surface area contributed by atoms with Crippen molar-refractivity contribution in [2.24, 2.45) is 0 Å². The largest absolute Gasteiger partial charge is 0.453 e. The van der Waals surface area contributed by atoms with Crippen LogP contribution in [0.1, 0.15) is 31.9 Å². The van der Waals surface area contributed by atoms with Crippen LogP contribution in [0.5, 0.6) is 0 Å². The molecule has 3 nitrogen and oxygen atoms in total. The summed E-state index contributed by atoms with van der Waals surface area (Å²) in [5, 5.41) is 0. The van der Waals surface area contributed by atoms with Gasteiger partial charge in [-0.05, 0) is 18.9 Å². The maximum absolute atomic E-state index is 11.6. The van der Waals surface area contributed by atoms with Gasteiger partial charge in [0.1, 0.15) is 0 Å². The SMILES string of the molecule is CC[C@H](c1ccccc1)N(CC)C(=O)OC. The quantitative estimate of drug-likeness (QED) is 0.781. The molecule has 0 heterocycles. The summed E-state index contributed by atoms with van der Waals surface area (Å²) < 4.78 is 4.79. The number of carbonyl (C=O) groups is 1. The molecule has 0 saturated heterocycles. The molecule has 0 unspecified atom stereocenters. The van der Waals surface area contributed by atoms with Gasteiger partial charge < -0.3 is 9.64 Å². The lowest BCUT2D eigenvalue weighted by Crippen LogP contribution is -2.34. The molecule has 0 N–H and O–H groups in total. The van der Waals surface area contributed by atoms with Crippen LogP contribution in [-0.4, -0.2) is 24.6 Å². The molecule has 0 bridgehead atoms. The summed E-state index contributed by atoms with van der Waals surface area (Å²) in [6.07, 6.45) is 0.616. The second-order valence-electron chi connectivity index (χ2n) is 3.59. The van der Waals surface area contributed by atoms with Crippen LogP contribution in [0.15, 0.2) is 30.3 Å². The molecule has 88 valence electrons. The Morgan fingerprint density at radius 2 is 1.94 bits per heavy atom. The van der Waals surface area contributed by atoms with Crippen molar-refractivity contribution < 1.29 is 9.53 Å². The summed E-state index contributed by atoms with van der Waals surface area (Å²) in [6, 6.07) is 10.1. The number of hydrogen-bond donors (Lipinski definition) is 0. The number of rotatable bonds is 4. The van der Waals surface area contributed by atoms with E-state index in [1.54, 1.807) is 4.90 Å². The Hall–Kier alpha value is -1.51. The summed E-state index contributed by atoms with van der Waals surface area (Å²) in [7, 11) is 1.42. The van der Waals surface area contributed by atoms with E-state index in [2.05, 4.69) is 6.92 Å². The van der Waals surface area contributed by atoms with Crippen molar-refractivity contribution in [2.75, 3.05) is 13.7 Å². The fourth-order valence-corrected chi connectivity index (χ4v) is 1.91. The van der Waals surface area contributed by atoms with E-state index in [4.69, 9.17) is 4.74 Å². The van der Waals surface area contributed by atoms with E-state index in [1.807, 2.05) is 37.3 Å². The average molecular weight is 221 g/mol. The van der Waals surface area contributed by atoms with Crippen molar-refractivity contribution in [3.05, 3.63) is 35.9 Å². The molecule has 1 aromatic rings. The van der Waals surface area contributed by atoms with Gasteiger partial charge >= 0.3 is 6.09 Å². The Morgan fingerprint density at radius 3 is 2.38 bits per heavy atom. The first-order chi connectivity index (χ1) is 7.74. The van der Waals surface area contributed by atoms with E-state index in [0.717, 1.165) is 12.0 Å². The zero-order chi connectivity index (χ0) is 12.0. The van der Waals surface area contributed by atoms with Gasteiger partial charge in [0.2, 0.25) is 0 Å². The molecule has 1 aromatic carbocycles. The number of methoxy groups -OCH3 is 1. The molecule has 0 spiro atoms. The van der Waals surface area contributed by atoms with Crippen LogP contribution in [0.2, 0.25) is 0 Å². The molecule has 0 aliphatic heterocycles. The minimum atomic E-state index is -0.266. The van der Waals surface area contributed by atoms with Gasteiger partial charge in [-0.1, -0.05) is 37.3 Å². The lowest BCUT2D eigenvalue weighted by atomic mass is 10.0. The van der Waals surface area contributed by atoms with Crippen molar-refractivity contribution in [2.45, 2.75) is 26.3 Å². The van der Waals surface area contributed by atoms with Crippen LogP contribution >= 0.6 is 0 Å². The number of hydrogen-bond acceptors (Lipinski definition) is 2. The smallest absolute Gasteiger partial charge is 0.409 e. The number of ether oxygens (including phenoxy) is 1. The number of carbonyl (C=O) groups excluding carboxylic acids is 1. The van der Waals surface area contributed by atoms with Gasteiger partial charge in [-0.15, -0.1) is 0 Å². The van der Waals surface area contributed by atoms with Gasteiger partial charge in [-0.3, -0.25) is 0 Å². The standard InChI is InChI=1S/C13H19NO2/c1-4-12(11-9-7-6-8-10-11)14(5-2)13(15)16-3/h6-10,12H,4-5H2,1-3H3/t12-/m1/s1. The topological polar surface area (TPSA) is 29.5 Å². The first kappa shape index (κ1) is 12.6. The van der Waals surface area contributed by atoms with Gasteiger partial charge in [0.15, 0.2) is 0 Å². The monoisotopic (exact) mass is 221 g/mol. The second kappa shape index (κ2) is 6.16. The minimum absolute atomic E-state index is 0.0960. The highest BCUT2D eigenvalue weighted by molar-refractivity contribution is 5.68. The van der Waals surface area contributed by atoms with Crippen molar-refractivity contribution in [1.82, 2.24) is 4.90 Å². The number of amides is 1. The fraction of sp³-hybridized carbons (Fsp3) is 0.462. The summed E-state index contributed by atoms with van der Waals surface area (Å²) in [4.78, 5) is 13.4. The van der Waals surface area contributed by atoms with Crippen molar-refractivity contribution in [3.63, 3.8) is 0 Å². The van der Waals surface area contributed by atoms with Crippen LogP contribution in [-0.2, 0) is 4.74 Å². The summed E-state index contributed by atoms with van der Waals surface area (Å²) in [5.74, 6) is 0. The van der Waals surface area contributed by atoms with Crippen LogP contribution in [0.3, 0.4) is 0 Å². The molecule has 1 atom stereocenters. The highest BCUT2D eigenvalue weighted by atomic mass is 16.5. The van der Waals surface area contributed by atoms with Crippen LogP contribution in [0.4, 0.5) is 4.79 Å². The normalized spacial score (nSPS) is 11.9. The number of nitrogens with zero attached hydrogens (tertiary/aromatic N) is 1. The molecule has 16 heavy (non-hydrogen) atoms. The van der Waals surface area contributed by atoms with E-state index < -0.39 is 0 Å². The Balaban J connectivity index is 2.92. The van der Waals surface area contributed by atoms with Gasteiger partial charge in [-0.2, -0.15) is 0 Å². The van der Waals surface area contributed by atoms with Gasteiger partial charge in [-0.25, -0.2) is 4.79 Å². The molecule has 1 rings (SSSR count). The van der Waals surface area contributed by atoms with E-state index in [0.29, 0.717) is 6.54 Å². The molecule has 0 aliphatic rings. The zero-order valence-corrected chi connectivity index (χ0v) is 10.1. The second-order valence-corrected chi connectivity index (χ2v) is 3.59. The first-order valence-corrected chi connectivity index (χ1v) is 5.64. The maximum Gasteiger partial charge on any atom is 0.409 e. The summed E-state index contributed by atoms with van der Waals surface area (Å²) >= 11 is 0. The Bertz CT molecular complexity index is 324. The molecule has 0 fully saturated rings. The third-order valence-corrected chi connectivity index (χ3v) is 2.70. The van der Waals surface area contributed by atoms with Gasteiger partial charge in [0, 0.05) is 6.54 Å². The highest BCUT2D eigenvalue weighted by Crippen LogP contribution is 2.24. The molecule has 3 heteroatoms. The predicted molar refractivity (Wildman–Crippen MR) is 64.3 cm³/mol. The lowest BCUT2D eigenvalue weighted by molar-refractivity contribution is 0.106. The minimum Gasteiger partial charge on any atom is -0.453 e. The molecule has 0 aliphatic carbocycles. The van der Waals surface area contributed by atoms with E-state index in [-0.39, 0.29) is 12.1 Å². The van der Waals surface area contributed by atoms with Gasteiger partial charge in [0.05, 0.1) is 13.2 Å². The summed E-state index contributed by atoms with van der Waals surface area (Å²) in [5.41, 5.74) is 1.15. The van der Waals surface area contributed by atoms with Crippen LogP contribution < -0.4 is 0 Å². The van der Waals surface area contributed by atoms with E-state index >= 15 is 0 Å². The first-order valence-electron chi connectivity index (χ1n) is 5.64. The zero-order valence-electron chi connectivity index (χ0n) is 10.1. The molecular weight excluding hydrogens is 202 g/mol. The lowest BCUT2D eigenvalue weighted by Gasteiger charge is -2.29. The predicted octanol–water partition coefficient (Wildman–Crippen LogP) is 3.23. The Morgan fingerprint density at radius 1 is 1.31 bits per heavy atom. The molecule has 0 saturated carbocycles. The third-order valence-electron chi connectivity index (χ3n) is 2.70.